The molecule has 1 saturated heterocycles. The number of nitrogens with zero attached hydrogens (tertiary/aromatic N) is 1. The molecule has 7 heteroatoms. The highest BCUT2D eigenvalue weighted by Crippen LogP contribution is 2.22. The predicted molar refractivity (Wildman–Crippen MR) is 68.4 cm³/mol. The van der Waals surface area contributed by atoms with Crippen molar-refractivity contribution in [2.45, 2.75) is 44.7 Å². The van der Waals surface area contributed by atoms with Crippen LogP contribution in [0.5, 0.6) is 0 Å². The van der Waals surface area contributed by atoms with E-state index in [4.69, 9.17) is 5.73 Å². The van der Waals surface area contributed by atoms with E-state index >= 15 is 0 Å². The van der Waals surface area contributed by atoms with Crippen LogP contribution in [0.15, 0.2) is 0 Å². The summed E-state index contributed by atoms with van der Waals surface area (Å²) in [6.07, 6.45) is 2.45. The normalized spacial score (nSPS) is 25.9. The SMILES string of the molecule is CCCCS(=O)(=O)N1C[C@H](N)CC[C@@H]1C(=O)OC. The van der Waals surface area contributed by atoms with E-state index in [1.165, 1.54) is 11.4 Å². The largest absolute Gasteiger partial charge is 0.468 e. The molecule has 0 unspecified atom stereocenters. The lowest BCUT2D eigenvalue weighted by Gasteiger charge is -2.35. The fourth-order valence-electron chi connectivity index (χ4n) is 2.09. The Morgan fingerprint density at radius 2 is 2.11 bits per heavy atom. The minimum Gasteiger partial charge on any atom is -0.468 e. The maximum atomic E-state index is 12.2. The van der Waals surface area contributed by atoms with Crippen molar-refractivity contribution in [3.05, 3.63) is 0 Å². The van der Waals surface area contributed by atoms with Crippen LogP contribution in [0.2, 0.25) is 0 Å². The van der Waals surface area contributed by atoms with E-state index in [1.54, 1.807) is 0 Å². The lowest BCUT2D eigenvalue weighted by atomic mass is 10.0. The summed E-state index contributed by atoms with van der Waals surface area (Å²) < 4.78 is 30.3. The Morgan fingerprint density at radius 1 is 1.44 bits per heavy atom. The number of unbranched alkanes of at least 4 members (excludes halogenated alkanes) is 1. The van der Waals surface area contributed by atoms with Gasteiger partial charge in [-0.3, -0.25) is 4.79 Å². The van der Waals surface area contributed by atoms with Crippen molar-refractivity contribution in [1.82, 2.24) is 4.31 Å². The summed E-state index contributed by atoms with van der Waals surface area (Å²) >= 11 is 0. The first kappa shape index (κ1) is 15.4. The van der Waals surface area contributed by atoms with Crippen molar-refractivity contribution in [3.8, 4) is 0 Å². The van der Waals surface area contributed by atoms with Crippen molar-refractivity contribution in [1.29, 1.82) is 0 Å². The standard InChI is InChI=1S/C11H22N2O4S/c1-3-4-7-18(15,16)13-8-9(12)5-6-10(13)11(14)17-2/h9-10H,3-8,12H2,1-2H3/t9-,10-/m1/s1. The van der Waals surface area contributed by atoms with Gasteiger partial charge in [0.25, 0.3) is 0 Å². The van der Waals surface area contributed by atoms with Crippen LogP contribution in [0.25, 0.3) is 0 Å². The first-order valence-corrected chi connectivity index (χ1v) is 7.86. The average molecular weight is 278 g/mol. The van der Waals surface area contributed by atoms with E-state index in [-0.39, 0.29) is 18.3 Å². The molecule has 0 amide bonds. The maximum Gasteiger partial charge on any atom is 0.324 e. The number of piperidine rings is 1. The predicted octanol–water partition coefficient (Wildman–Crippen LogP) is 0.0810. The summed E-state index contributed by atoms with van der Waals surface area (Å²) in [7, 11) is -2.16. The molecule has 0 bridgehead atoms. The molecule has 1 aliphatic rings. The number of carbonyl (C=O) groups excluding carboxylic acids is 1. The van der Waals surface area contributed by atoms with Gasteiger partial charge < -0.3 is 10.5 Å². The smallest absolute Gasteiger partial charge is 0.324 e. The van der Waals surface area contributed by atoms with Gasteiger partial charge in [-0.2, -0.15) is 4.31 Å². The van der Waals surface area contributed by atoms with Gasteiger partial charge in [0.2, 0.25) is 10.0 Å². The number of hydrogen-bond donors (Lipinski definition) is 1. The number of methoxy groups -OCH3 is 1. The molecule has 0 saturated carbocycles. The third-order valence-corrected chi connectivity index (χ3v) is 5.08. The molecule has 1 rings (SSSR count). The first-order chi connectivity index (χ1) is 8.42. The number of esters is 1. The Kier molecular flexibility index (Phi) is 5.55. The van der Waals surface area contributed by atoms with Gasteiger partial charge in [-0.15, -0.1) is 0 Å². The Bertz CT molecular complexity index is 383. The second kappa shape index (κ2) is 6.49. The molecule has 2 atom stereocenters. The molecule has 106 valence electrons. The summed E-state index contributed by atoms with van der Waals surface area (Å²) in [5.74, 6) is -0.439. The number of carbonyl (C=O) groups is 1. The van der Waals surface area contributed by atoms with Crippen LogP contribution in [0.1, 0.15) is 32.6 Å². The van der Waals surface area contributed by atoms with Crippen LogP contribution in [-0.4, -0.2) is 50.2 Å². The number of sulfonamides is 1. The average Bonchev–Trinajstić information content (AvgIpc) is 2.35. The monoisotopic (exact) mass is 278 g/mol. The van der Waals surface area contributed by atoms with E-state index in [2.05, 4.69) is 4.74 Å². The van der Waals surface area contributed by atoms with E-state index in [0.29, 0.717) is 19.3 Å². The zero-order valence-electron chi connectivity index (χ0n) is 11.0. The Morgan fingerprint density at radius 3 is 2.67 bits per heavy atom. The van der Waals surface area contributed by atoms with Crippen molar-refractivity contribution < 1.29 is 17.9 Å². The Labute approximate surface area is 109 Å². The number of rotatable bonds is 5. The molecular weight excluding hydrogens is 256 g/mol. The minimum atomic E-state index is -3.43. The van der Waals surface area contributed by atoms with Gasteiger partial charge in [0.15, 0.2) is 0 Å². The van der Waals surface area contributed by atoms with Gasteiger partial charge in [0.1, 0.15) is 6.04 Å². The van der Waals surface area contributed by atoms with Gasteiger partial charge >= 0.3 is 5.97 Å². The lowest BCUT2D eigenvalue weighted by Crippen LogP contribution is -2.55. The number of nitrogens with two attached hydrogens (primary N) is 1. The summed E-state index contributed by atoms with van der Waals surface area (Å²) in [4.78, 5) is 11.6. The molecule has 2 N–H and O–H groups in total. The van der Waals surface area contributed by atoms with E-state index in [9.17, 15) is 13.2 Å². The molecule has 0 aromatic rings. The summed E-state index contributed by atoms with van der Waals surface area (Å²) in [6.45, 7) is 2.13. The second-order valence-corrected chi connectivity index (χ2v) is 6.66. The zero-order chi connectivity index (χ0) is 13.8. The fraction of sp³-hybridized carbons (Fsp3) is 0.909. The van der Waals surface area contributed by atoms with Gasteiger partial charge in [-0.05, 0) is 19.3 Å². The zero-order valence-corrected chi connectivity index (χ0v) is 11.8. The van der Waals surface area contributed by atoms with Crippen molar-refractivity contribution in [2.24, 2.45) is 5.73 Å². The molecule has 1 aliphatic heterocycles. The molecule has 1 heterocycles. The maximum absolute atomic E-state index is 12.2. The van der Waals surface area contributed by atoms with Crippen LogP contribution in [0, 0.1) is 0 Å². The lowest BCUT2D eigenvalue weighted by molar-refractivity contribution is -0.146. The molecule has 1 fully saturated rings. The fourth-order valence-corrected chi connectivity index (χ4v) is 3.97. The summed E-state index contributed by atoms with van der Waals surface area (Å²) in [5, 5.41) is 0. The van der Waals surface area contributed by atoms with Gasteiger partial charge in [-0.1, -0.05) is 13.3 Å². The van der Waals surface area contributed by atoms with Crippen LogP contribution < -0.4 is 5.73 Å². The third kappa shape index (κ3) is 3.66. The minimum absolute atomic E-state index is 0.0592. The highest BCUT2D eigenvalue weighted by atomic mass is 32.2. The number of ether oxygens (including phenoxy) is 1. The van der Waals surface area contributed by atoms with Gasteiger partial charge in [0, 0.05) is 12.6 Å². The highest BCUT2D eigenvalue weighted by molar-refractivity contribution is 7.89. The third-order valence-electron chi connectivity index (χ3n) is 3.16. The summed E-state index contributed by atoms with van der Waals surface area (Å²) in [5.41, 5.74) is 5.80. The Balaban J connectivity index is 2.88. The quantitative estimate of drug-likeness (QED) is 0.719. The highest BCUT2D eigenvalue weighted by Gasteiger charge is 2.39. The molecule has 0 aliphatic carbocycles. The number of hydrogen-bond acceptors (Lipinski definition) is 5. The molecular formula is C11H22N2O4S. The van der Waals surface area contributed by atoms with Crippen LogP contribution >= 0.6 is 0 Å². The van der Waals surface area contributed by atoms with Crippen LogP contribution in [-0.2, 0) is 19.6 Å². The van der Waals surface area contributed by atoms with E-state index in [0.717, 1.165) is 6.42 Å². The molecule has 0 spiro atoms. The topological polar surface area (TPSA) is 89.7 Å². The molecule has 0 radical (unpaired) electrons. The van der Waals surface area contributed by atoms with E-state index < -0.39 is 22.0 Å². The van der Waals surface area contributed by atoms with Gasteiger partial charge in [-0.25, -0.2) is 8.42 Å². The van der Waals surface area contributed by atoms with Crippen molar-refractivity contribution >= 4 is 16.0 Å². The van der Waals surface area contributed by atoms with E-state index in [1.807, 2.05) is 6.92 Å². The van der Waals surface area contributed by atoms with Crippen LogP contribution in [0.4, 0.5) is 0 Å². The summed E-state index contributed by atoms with van der Waals surface area (Å²) in [6, 6.07) is -0.918. The molecule has 0 aromatic carbocycles. The first-order valence-electron chi connectivity index (χ1n) is 6.25. The molecule has 18 heavy (non-hydrogen) atoms. The Hall–Kier alpha value is -0.660. The molecule has 6 nitrogen and oxygen atoms in total. The van der Waals surface area contributed by atoms with Crippen molar-refractivity contribution in [2.75, 3.05) is 19.4 Å². The van der Waals surface area contributed by atoms with Gasteiger partial charge in [0.05, 0.1) is 12.9 Å². The van der Waals surface area contributed by atoms with Crippen LogP contribution in [0.3, 0.4) is 0 Å². The molecule has 0 aromatic heterocycles. The second-order valence-electron chi connectivity index (χ2n) is 4.62. The van der Waals surface area contributed by atoms with Crippen molar-refractivity contribution in [3.63, 3.8) is 0 Å².